The normalized spacial score (nSPS) is 11.4. The lowest BCUT2D eigenvalue weighted by Gasteiger charge is -2.19. The van der Waals surface area contributed by atoms with E-state index in [4.69, 9.17) is 5.73 Å². The third-order valence-corrected chi connectivity index (χ3v) is 3.41. The van der Waals surface area contributed by atoms with E-state index >= 15 is 0 Å². The summed E-state index contributed by atoms with van der Waals surface area (Å²) in [6, 6.07) is 5.97. The van der Waals surface area contributed by atoms with Gasteiger partial charge in [0.2, 0.25) is 0 Å². The molecule has 1 rings (SSSR count). The lowest BCUT2D eigenvalue weighted by molar-refractivity contribution is 0.303. The first-order valence-electron chi connectivity index (χ1n) is 5.72. The zero-order valence-corrected chi connectivity index (χ0v) is 11.9. The van der Waals surface area contributed by atoms with Crippen molar-refractivity contribution in [2.45, 2.75) is 26.8 Å². The van der Waals surface area contributed by atoms with Gasteiger partial charge in [0.05, 0.1) is 0 Å². The van der Waals surface area contributed by atoms with Gasteiger partial charge < -0.3 is 10.6 Å². The van der Waals surface area contributed by atoms with Crippen LogP contribution in [-0.2, 0) is 6.54 Å². The highest BCUT2D eigenvalue weighted by molar-refractivity contribution is 9.10. The fourth-order valence-electron chi connectivity index (χ4n) is 1.57. The SMILES string of the molecule is CC(C)CCN(C)Cc1c(N)cccc1Br. The van der Waals surface area contributed by atoms with Crippen LogP contribution < -0.4 is 5.73 Å². The number of anilines is 1. The molecule has 2 nitrogen and oxygen atoms in total. The molecule has 1 aromatic carbocycles. The summed E-state index contributed by atoms with van der Waals surface area (Å²) in [7, 11) is 2.14. The molecular weight excluding hydrogens is 264 g/mol. The molecule has 0 saturated heterocycles. The first-order chi connectivity index (χ1) is 7.50. The van der Waals surface area contributed by atoms with Gasteiger partial charge >= 0.3 is 0 Å². The topological polar surface area (TPSA) is 29.3 Å². The highest BCUT2D eigenvalue weighted by atomic mass is 79.9. The second-order valence-corrected chi connectivity index (χ2v) is 5.58. The lowest BCUT2D eigenvalue weighted by atomic mass is 10.1. The predicted molar refractivity (Wildman–Crippen MR) is 74.3 cm³/mol. The minimum atomic E-state index is 0.749. The van der Waals surface area contributed by atoms with Crippen molar-refractivity contribution in [3.05, 3.63) is 28.2 Å². The Hall–Kier alpha value is -0.540. The van der Waals surface area contributed by atoms with E-state index in [1.165, 1.54) is 12.0 Å². The second-order valence-electron chi connectivity index (χ2n) is 4.73. The molecule has 2 N–H and O–H groups in total. The van der Waals surface area contributed by atoms with Gasteiger partial charge in [-0.25, -0.2) is 0 Å². The van der Waals surface area contributed by atoms with E-state index in [1.54, 1.807) is 0 Å². The predicted octanol–water partition coefficient (Wildman–Crippen LogP) is 3.51. The number of benzene rings is 1. The molecule has 0 aromatic heterocycles. The van der Waals surface area contributed by atoms with Crippen molar-refractivity contribution < 1.29 is 0 Å². The van der Waals surface area contributed by atoms with Gasteiger partial charge in [0.15, 0.2) is 0 Å². The lowest BCUT2D eigenvalue weighted by Crippen LogP contribution is -2.21. The maximum atomic E-state index is 5.97. The average Bonchev–Trinajstić information content (AvgIpc) is 2.21. The van der Waals surface area contributed by atoms with Gasteiger partial charge in [0.25, 0.3) is 0 Å². The smallest absolute Gasteiger partial charge is 0.0371 e. The Morgan fingerprint density at radius 3 is 2.62 bits per heavy atom. The van der Waals surface area contributed by atoms with Crippen molar-refractivity contribution in [2.75, 3.05) is 19.3 Å². The molecule has 0 aliphatic rings. The van der Waals surface area contributed by atoms with E-state index in [1.807, 2.05) is 18.2 Å². The van der Waals surface area contributed by atoms with E-state index in [0.717, 1.165) is 29.2 Å². The number of hydrogen-bond acceptors (Lipinski definition) is 2. The molecule has 16 heavy (non-hydrogen) atoms. The minimum Gasteiger partial charge on any atom is -0.398 e. The summed E-state index contributed by atoms with van der Waals surface area (Å²) in [4.78, 5) is 2.32. The molecule has 1 aromatic rings. The molecule has 0 fully saturated rings. The van der Waals surface area contributed by atoms with Crippen LogP contribution >= 0.6 is 15.9 Å². The maximum absolute atomic E-state index is 5.97. The van der Waals surface area contributed by atoms with E-state index in [0.29, 0.717) is 0 Å². The van der Waals surface area contributed by atoms with E-state index in [9.17, 15) is 0 Å². The van der Waals surface area contributed by atoms with E-state index in [-0.39, 0.29) is 0 Å². The summed E-state index contributed by atoms with van der Waals surface area (Å²) in [5.74, 6) is 0.749. The molecule has 0 bridgehead atoms. The summed E-state index contributed by atoms with van der Waals surface area (Å²) >= 11 is 3.55. The Morgan fingerprint density at radius 1 is 1.38 bits per heavy atom. The van der Waals surface area contributed by atoms with Crippen LogP contribution in [0.3, 0.4) is 0 Å². The molecule has 90 valence electrons. The minimum absolute atomic E-state index is 0.749. The zero-order chi connectivity index (χ0) is 12.1. The summed E-state index contributed by atoms with van der Waals surface area (Å²) in [6.07, 6.45) is 1.22. The first-order valence-corrected chi connectivity index (χ1v) is 6.51. The zero-order valence-electron chi connectivity index (χ0n) is 10.3. The summed E-state index contributed by atoms with van der Waals surface area (Å²) < 4.78 is 1.10. The van der Waals surface area contributed by atoms with Gasteiger partial charge in [-0.05, 0) is 38.1 Å². The Balaban J connectivity index is 2.59. The fourth-order valence-corrected chi connectivity index (χ4v) is 2.08. The number of rotatable bonds is 5. The number of hydrogen-bond donors (Lipinski definition) is 1. The highest BCUT2D eigenvalue weighted by Gasteiger charge is 2.07. The summed E-state index contributed by atoms with van der Waals surface area (Å²) in [6.45, 7) is 6.51. The molecule has 0 aliphatic heterocycles. The standard InChI is InChI=1S/C13H21BrN2/c1-10(2)7-8-16(3)9-11-12(14)5-4-6-13(11)15/h4-6,10H,7-9,15H2,1-3H3. The van der Waals surface area contributed by atoms with Crippen LogP contribution in [0, 0.1) is 5.92 Å². The molecule has 0 saturated carbocycles. The van der Waals surface area contributed by atoms with Gasteiger partial charge in [-0.15, -0.1) is 0 Å². The molecule has 0 spiro atoms. The molecule has 0 atom stereocenters. The van der Waals surface area contributed by atoms with Crippen LogP contribution in [0.4, 0.5) is 5.69 Å². The molecular formula is C13H21BrN2. The number of halogens is 1. The quantitative estimate of drug-likeness (QED) is 0.839. The van der Waals surface area contributed by atoms with E-state index in [2.05, 4.69) is 41.7 Å². The monoisotopic (exact) mass is 284 g/mol. The third-order valence-electron chi connectivity index (χ3n) is 2.67. The van der Waals surface area contributed by atoms with Gasteiger partial charge in [-0.1, -0.05) is 35.8 Å². The number of nitrogens with zero attached hydrogens (tertiary/aromatic N) is 1. The van der Waals surface area contributed by atoms with E-state index < -0.39 is 0 Å². The van der Waals surface area contributed by atoms with Crippen molar-refractivity contribution in [3.63, 3.8) is 0 Å². The van der Waals surface area contributed by atoms with Crippen molar-refractivity contribution in [1.29, 1.82) is 0 Å². The second kappa shape index (κ2) is 6.26. The van der Waals surface area contributed by atoms with Crippen LogP contribution in [0.2, 0.25) is 0 Å². The molecule has 0 aliphatic carbocycles. The molecule has 0 unspecified atom stereocenters. The van der Waals surface area contributed by atoms with Gasteiger partial charge in [-0.2, -0.15) is 0 Å². The van der Waals surface area contributed by atoms with Crippen molar-refractivity contribution in [1.82, 2.24) is 4.90 Å². The average molecular weight is 285 g/mol. The van der Waals surface area contributed by atoms with Gasteiger partial charge in [-0.3, -0.25) is 0 Å². The Bertz CT molecular complexity index is 316. The van der Waals surface area contributed by atoms with Crippen LogP contribution in [0.15, 0.2) is 22.7 Å². The largest absolute Gasteiger partial charge is 0.398 e. The fraction of sp³-hybridized carbons (Fsp3) is 0.538. The van der Waals surface area contributed by atoms with Crippen molar-refractivity contribution in [2.24, 2.45) is 5.92 Å². The third kappa shape index (κ3) is 4.14. The van der Waals surface area contributed by atoms with Crippen LogP contribution in [0.25, 0.3) is 0 Å². The van der Waals surface area contributed by atoms with Crippen LogP contribution in [0.1, 0.15) is 25.8 Å². The molecule has 0 heterocycles. The van der Waals surface area contributed by atoms with Gasteiger partial charge in [0, 0.05) is 22.3 Å². The Morgan fingerprint density at radius 2 is 2.06 bits per heavy atom. The number of nitrogen functional groups attached to an aromatic ring is 1. The van der Waals surface area contributed by atoms with Crippen molar-refractivity contribution in [3.8, 4) is 0 Å². The first kappa shape index (κ1) is 13.5. The number of nitrogens with two attached hydrogens (primary N) is 1. The highest BCUT2D eigenvalue weighted by Crippen LogP contribution is 2.23. The Labute approximate surface area is 107 Å². The summed E-state index contributed by atoms with van der Waals surface area (Å²) in [5.41, 5.74) is 8.02. The van der Waals surface area contributed by atoms with Gasteiger partial charge in [0.1, 0.15) is 0 Å². The van der Waals surface area contributed by atoms with Crippen LogP contribution in [0.5, 0.6) is 0 Å². The Kier molecular flexibility index (Phi) is 5.29. The molecule has 0 amide bonds. The van der Waals surface area contributed by atoms with Crippen LogP contribution in [-0.4, -0.2) is 18.5 Å². The maximum Gasteiger partial charge on any atom is 0.0371 e. The summed E-state index contributed by atoms with van der Waals surface area (Å²) in [5, 5.41) is 0. The molecule has 3 heteroatoms. The molecule has 0 radical (unpaired) electrons. The van der Waals surface area contributed by atoms with Crippen molar-refractivity contribution >= 4 is 21.6 Å².